The van der Waals surface area contributed by atoms with Crippen molar-refractivity contribution in [3.8, 4) is 0 Å². The van der Waals surface area contributed by atoms with Crippen LogP contribution in [0.5, 0.6) is 0 Å². The van der Waals surface area contributed by atoms with Gasteiger partial charge in [0.25, 0.3) is 5.91 Å². The first-order chi connectivity index (χ1) is 17.5. The minimum absolute atomic E-state index is 0.0996. The van der Waals surface area contributed by atoms with Gasteiger partial charge in [-0.05, 0) is 66.9 Å². The molecule has 10 heteroatoms. The summed E-state index contributed by atoms with van der Waals surface area (Å²) in [5.74, 6) is -0.921. The second-order valence-corrected chi connectivity index (χ2v) is 9.48. The van der Waals surface area contributed by atoms with Gasteiger partial charge < -0.3 is 14.8 Å². The lowest BCUT2D eigenvalue weighted by molar-refractivity contribution is -0.114. The molecule has 1 aliphatic rings. The summed E-state index contributed by atoms with van der Waals surface area (Å²) >= 11 is 1.40. The SMILES string of the molecule is CC(=O)Nc1ccc(N2CCCC2c2csc(NC(=O)c3cccn3Cc3ccnc(F)c3)n2)cc1. The van der Waals surface area contributed by atoms with Gasteiger partial charge in [0.2, 0.25) is 11.9 Å². The number of benzene rings is 1. The maximum Gasteiger partial charge on any atom is 0.274 e. The van der Waals surface area contributed by atoms with E-state index in [4.69, 9.17) is 4.98 Å². The molecule has 0 aliphatic carbocycles. The molecule has 1 aromatic carbocycles. The predicted octanol–water partition coefficient (Wildman–Crippen LogP) is 5.08. The van der Waals surface area contributed by atoms with Crippen LogP contribution in [0.3, 0.4) is 0 Å². The van der Waals surface area contributed by atoms with Gasteiger partial charge in [-0.15, -0.1) is 11.3 Å². The first-order valence-corrected chi connectivity index (χ1v) is 12.5. The van der Waals surface area contributed by atoms with E-state index in [1.807, 2.05) is 29.6 Å². The second-order valence-electron chi connectivity index (χ2n) is 8.62. The Kier molecular flexibility index (Phi) is 6.77. The average molecular weight is 505 g/mol. The number of hydrogen-bond acceptors (Lipinski definition) is 6. The lowest BCUT2D eigenvalue weighted by atomic mass is 10.1. The van der Waals surface area contributed by atoms with E-state index < -0.39 is 5.95 Å². The fourth-order valence-electron chi connectivity index (χ4n) is 4.48. The first kappa shape index (κ1) is 23.7. The molecule has 2 amide bonds. The van der Waals surface area contributed by atoms with Crippen LogP contribution in [-0.2, 0) is 11.3 Å². The Morgan fingerprint density at radius 1 is 1.17 bits per heavy atom. The van der Waals surface area contributed by atoms with Crippen molar-refractivity contribution in [1.82, 2.24) is 14.5 Å². The molecule has 0 bridgehead atoms. The molecule has 3 aromatic heterocycles. The number of halogens is 1. The summed E-state index contributed by atoms with van der Waals surface area (Å²) in [5, 5.41) is 8.22. The monoisotopic (exact) mass is 504 g/mol. The topological polar surface area (TPSA) is 92.2 Å². The fraction of sp³-hybridized carbons (Fsp3) is 0.231. The Bertz CT molecular complexity index is 1380. The van der Waals surface area contributed by atoms with Gasteiger partial charge >= 0.3 is 0 Å². The van der Waals surface area contributed by atoms with Crippen LogP contribution < -0.4 is 15.5 Å². The van der Waals surface area contributed by atoms with Gasteiger partial charge in [-0.1, -0.05) is 0 Å². The number of rotatable bonds is 7. The molecule has 4 aromatic rings. The third-order valence-corrected chi connectivity index (χ3v) is 6.84. The van der Waals surface area contributed by atoms with Crippen molar-refractivity contribution in [2.75, 3.05) is 22.1 Å². The zero-order valence-electron chi connectivity index (χ0n) is 19.6. The molecular formula is C26H25FN6O2S. The largest absolute Gasteiger partial charge is 0.363 e. The Morgan fingerprint density at radius 2 is 2.00 bits per heavy atom. The lowest BCUT2D eigenvalue weighted by Gasteiger charge is -2.25. The minimum atomic E-state index is -0.550. The number of hydrogen-bond donors (Lipinski definition) is 2. The number of carbonyl (C=O) groups is 2. The van der Waals surface area contributed by atoms with Crippen LogP contribution in [-0.4, -0.2) is 32.9 Å². The van der Waals surface area contributed by atoms with Gasteiger partial charge in [-0.2, -0.15) is 4.39 Å². The Balaban J connectivity index is 1.27. The molecular weight excluding hydrogens is 479 g/mol. The van der Waals surface area contributed by atoms with Crippen molar-refractivity contribution in [2.24, 2.45) is 0 Å². The number of nitrogens with one attached hydrogen (secondary N) is 2. The summed E-state index contributed by atoms with van der Waals surface area (Å²) in [5.41, 5.74) is 3.93. The molecule has 36 heavy (non-hydrogen) atoms. The van der Waals surface area contributed by atoms with Crippen LogP contribution in [0.1, 0.15) is 47.6 Å². The maximum absolute atomic E-state index is 13.4. The molecule has 0 spiro atoms. The number of amides is 2. The van der Waals surface area contributed by atoms with Crippen molar-refractivity contribution in [2.45, 2.75) is 32.4 Å². The Labute approximate surface area is 211 Å². The number of thiazole rings is 1. The van der Waals surface area contributed by atoms with Crippen LogP contribution in [0.15, 0.2) is 66.3 Å². The summed E-state index contributed by atoms with van der Waals surface area (Å²) in [6.45, 7) is 2.75. The Hall–Kier alpha value is -4.05. The number of anilines is 3. The van der Waals surface area contributed by atoms with E-state index in [0.717, 1.165) is 42.0 Å². The van der Waals surface area contributed by atoms with Crippen molar-refractivity contribution in [1.29, 1.82) is 0 Å². The smallest absolute Gasteiger partial charge is 0.274 e. The van der Waals surface area contributed by atoms with E-state index in [-0.39, 0.29) is 17.9 Å². The quantitative estimate of drug-likeness (QED) is 0.343. The molecule has 2 N–H and O–H groups in total. The van der Waals surface area contributed by atoms with E-state index in [2.05, 4.69) is 20.5 Å². The van der Waals surface area contributed by atoms with Crippen LogP contribution in [0, 0.1) is 5.95 Å². The second kappa shape index (κ2) is 10.3. The Morgan fingerprint density at radius 3 is 2.78 bits per heavy atom. The molecule has 8 nitrogen and oxygen atoms in total. The summed E-state index contributed by atoms with van der Waals surface area (Å²) in [4.78, 5) is 34.9. The van der Waals surface area contributed by atoms with Gasteiger partial charge in [0.05, 0.1) is 11.7 Å². The number of pyridine rings is 1. The van der Waals surface area contributed by atoms with E-state index in [0.29, 0.717) is 17.4 Å². The van der Waals surface area contributed by atoms with Gasteiger partial charge in [0, 0.05) is 49.2 Å². The zero-order valence-corrected chi connectivity index (χ0v) is 20.5. The van der Waals surface area contributed by atoms with E-state index in [1.165, 1.54) is 30.5 Å². The highest BCUT2D eigenvalue weighted by atomic mass is 32.1. The molecule has 184 valence electrons. The average Bonchev–Trinajstić information content (AvgIpc) is 3.60. The van der Waals surface area contributed by atoms with Gasteiger partial charge in [0.15, 0.2) is 5.13 Å². The third-order valence-electron chi connectivity index (χ3n) is 6.06. The van der Waals surface area contributed by atoms with Crippen molar-refractivity contribution >= 4 is 39.7 Å². The summed E-state index contributed by atoms with van der Waals surface area (Å²) in [7, 11) is 0. The molecule has 1 aliphatic heterocycles. The third kappa shape index (κ3) is 5.28. The van der Waals surface area contributed by atoms with E-state index >= 15 is 0 Å². The number of carbonyl (C=O) groups excluding carboxylic acids is 2. The van der Waals surface area contributed by atoms with Crippen LogP contribution in [0.2, 0.25) is 0 Å². The zero-order chi connectivity index (χ0) is 25.1. The fourth-order valence-corrected chi connectivity index (χ4v) is 5.23. The molecule has 1 unspecified atom stereocenters. The standard InChI is InChI=1S/C26H25FN6O2S/c1-17(34)29-19-6-8-20(9-7-19)33-13-3-4-22(33)21-16-36-26(30-21)31-25(35)23-5-2-12-32(23)15-18-10-11-28-24(27)14-18/h2,5-12,14,16,22H,3-4,13,15H2,1H3,(H,29,34)(H,30,31,35). The highest BCUT2D eigenvalue weighted by molar-refractivity contribution is 7.14. The highest BCUT2D eigenvalue weighted by Crippen LogP contribution is 2.37. The van der Waals surface area contributed by atoms with Gasteiger partial charge in [0.1, 0.15) is 5.69 Å². The number of nitrogens with zero attached hydrogens (tertiary/aromatic N) is 4. The summed E-state index contributed by atoms with van der Waals surface area (Å²) < 4.78 is 15.2. The van der Waals surface area contributed by atoms with Crippen molar-refractivity contribution in [3.05, 3.63) is 89.2 Å². The van der Waals surface area contributed by atoms with Crippen LogP contribution >= 0.6 is 11.3 Å². The van der Waals surface area contributed by atoms with Crippen LogP contribution in [0.4, 0.5) is 20.9 Å². The molecule has 1 atom stereocenters. The molecule has 5 rings (SSSR count). The van der Waals surface area contributed by atoms with Gasteiger partial charge in [-0.3, -0.25) is 14.9 Å². The lowest BCUT2D eigenvalue weighted by Crippen LogP contribution is -2.23. The number of aromatic nitrogens is 3. The molecule has 1 saturated heterocycles. The normalized spacial score (nSPS) is 15.2. The van der Waals surface area contributed by atoms with Crippen molar-refractivity contribution in [3.63, 3.8) is 0 Å². The van der Waals surface area contributed by atoms with Crippen LogP contribution in [0.25, 0.3) is 0 Å². The van der Waals surface area contributed by atoms with Gasteiger partial charge in [-0.25, -0.2) is 9.97 Å². The maximum atomic E-state index is 13.4. The predicted molar refractivity (Wildman–Crippen MR) is 138 cm³/mol. The highest BCUT2D eigenvalue weighted by Gasteiger charge is 2.28. The molecule has 0 saturated carbocycles. The summed E-state index contributed by atoms with van der Waals surface area (Å²) in [6, 6.07) is 14.5. The summed E-state index contributed by atoms with van der Waals surface area (Å²) in [6.07, 6.45) is 5.21. The van der Waals surface area contributed by atoms with Crippen molar-refractivity contribution < 1.29 is 14.0 Å². The van der Waals surface area contributed by atoms with E-state index in [1.54, 1.807) is 29.0 Å². The molecule has 4 heterocycles. The molecule has 1 fully saturated rings. The first-order valence-electron chi connectivity index (χ1n) is 11.6. The van der Waals surface area contributed by atoms with E-state index in [9.17, 15) is 14.0 Å². The minimum Gasteiger partial charge on any atom is -0.363 e. The molecule has 0 radical (unpaired) electrons.